The van der Waals surface area contributed by atoms with Gasteiger partial charge in [0.1, 0.15) is 0 Å². The molecular formula is C11H23NO. The van der Waals surface area contributed by atoms with Gasteiger partial charge in [-0.3, -0.25) is 0 Å². The monoisotopic (exact) mass is 185 g/mol. The molecule has 0 bridgehead atoms. The Kier molecular flexibility index (Phi) is 5.40. The van der Waals surface area contributed by atoms with Crippen LogP contribution in [-0.2, 0) is 4.74 Å². The van der Waals surface area contributed by atoms with Crippen LogP contribution >= 0.6 is 0 Å². The summed E-state index contributed by atoms with van der Waals surface area (Å²) in [6.45, 7) is 4.94. The van der Waals surface area contributed by atoms with E-state index in [0.29, 0.717) is 0 Å². The van der Waals surface area contributed by atoms with Crippen LogP contribution in [0.4, 0.5) is 0 Å². The van der Waals surface area contributed by atoms with Gasteiger partial charge in [-0.1, -0.05) is 6.92 Å². The minimum absolute atomic E-state index is 0.794. The SMILES string of the molecule is CCCOC[C@H]1CC[C@@H](CN)CC1. The number of nitrogens with two attached hydrogens (primary N) is 1. The van der Waals surface area contributed by atoms with Gasteiger partial charge in [-0.2, -0.15) is 0 Å². The Morgan fingerprint density at radius 2 is 1.77 bits per heavy atom. The molecule has 78 valence electrons. The molecule has 0 aliphatic heterocycles. The molecule has 1 aliphatic rings. The van der Waals surface area contributed by atoms with Crippen molar-refractivity contribution in [2.24, 2.45) is 17.6 Å². The molecule has 0 saturated heterocycles. The van der Waals surface area contributed by atoms with Crippen LogP contribution in [0.1, 0.15) is 39.0 Å². The smallest absolute Gasteiger partial charge is 0.0494 e. The predicted octanol–water partition coefficient (Wildman–Crippen LogP) is 2.18. The van der Waals surface area contributed by atoms with Gasteiger partial charge in [-0.15, -0.1) is 0 Å². The summed E-state index contributed by atoms with van der Waals surface area (Å²) in [6, 6.07) is 0. The summed E-state index contributed by atoms with van der Waals surface area (Å²) in [7, 11) is 0. The highest BCUT2D eigenvalue weighted by molar-refractivity contribution is 4.72. The van der Waals surface area contributed by atoms with Crippen LogP contribution in [0.25, 0.3) is 0 Å². The van der Waals surface area contributed by atoms with Crippen molar-refractivity contribution in [1.82, 2.24) is 0 Å². The summed E-state index contributed by atoms with van der Waals surface area (Å²) >= 11 is 0. The first kappa shape index (κ1) is 11.0. The van der Waals surface area contributed by atoms with E-state index >= 15 is 0 Å². The van der Waals surface area contributed by atoms with E-state index in [-0.39, 0.29) is 0 Å². The van der Waals surface area contributed by atoms with E-state index in [9.17, 15) is 0 Å². The Morgan fingerprint density at radius 1 is 1.15 bits per heavy atom. The van der Waals surface area contributed by atoms with Gasteiger partial charge in [0.25, 0.3) is 0 Å². The van der Waals surface area contributed by atoms with Gasteiger partial charge in [0, 0.05) is 13.2 Å². The van der Waals surface area contributed by atoms with E-state index in [1.807, 2.05) is 0 Å². The van der Waals surface area contributed by atoms with Crippen LogP contribution in [0.15, 0.2) is 0 Å². The molecule has 1 rings (SSSR count). The molecule has 0 aromatic carbocycles. The molecule has 13 heavy (non-hydrogen) atoms. The Hall–Kier alpha value is -0.0800. The highest BCUT2D eigenvalue weighted by Gasteiger charge is 2.19. The lowest BCUT2D eigenvalue weighted by molar-refractivity contribution is 0.0788. The Balaban J connectivity index is 2.03. The van der Waals surface area contributed by atoms with Gasteiger partial charge in [0.15, 0.2) is 0 Å². The van der Waals surface area contributed by atoms with Gasteiger partial charge >= 0.3 is 0 Å². The fourth-order valence-corrected chi connectivity index (χ4v) is 2.03. The summed E-state index contributed by atoms with van der Waals surface area (Å²) < 4.78 is 5.56. The van der Waals surface area contributed by atoms with Crippen LogP contribution in [-0.4, -0.2) is 19.8 Å². The average molecular weight is 185 g/mol. The molecule has 0 aromatic rings. The lowest BCUT2D eigenvalue weighted by atomic mass is 9.82. The first-order valence-corrected chi connectivity index (χ1v) is 5.64. The summed E-state index contributed by atoms with van der Waals surface area (Å²) in [5.41, 5.74) is 5.64. The second-order valence-electron chi connectivity index (χ2n) is 4.20. The van der Waals surface area contributed by atoms with Gasteiger partial charge < -0.3 is 10.5 Å². The molecule has 2 heteroatoms. The second kappa shape index (κ2) is 6.39. The third-order valence-corrected chi connectivity index (χ3v) is 3.00. The van der Waals surface area contributed by atoms with Crippen LogP contribution < -0.4 is 5.73 Å². The molecule has 0 atom stereocenters. The van der Waals surface area contributed by atoms with E-state index < -0.39 is 0 Å². The van der Waals surface area contributed by atoms with Crippen LogP contribution in [0, 0.1) is 11.8 Å². The summed E-state index contributed by atoms with van der Waals surface area (Å²) in [5, 5.41) is 0. The maximum absolute atomic E-state index is 5.64. The Bertz CT molecular complexity index is 117. The maximum atomic E-state index is 5.64. The van der Waals surface area contributed by atoms with Crippen molar-refractivity contribution in [2.75, 3.05) is 19.8 Å². The van der Waals surface area contributed by atoms with E-state index in [2.05, 4.69) is 6.92 Å². The normalized spacial score (nSPS) is 29.1. The molecule has 0 spiro atoms. The van der Waals surface area contributed by atoms with Gasteiger partial charge in [-0.05, 0) is 50.5 Å². The van der Waals surface area contributed by atoms with Crippen molar-refractivity contribution < 1.29 is 4.74 Å². The minimum atomic E-state index is 0.794. The van der Waals surface area contributed by atoms with Gasteiger partial charge in [0.2, 0.25) is 0 Å². The molecule has 2 N–H and O–H groups in total. The van der Waals surface area contributed by atoms with E-state index in [0.717, 1.165) is 38.0 Å². The van der Waals surface area contributed by atoms with Gasteiger partial charge in [0.05, 0.1) is 0 Å². The van der Waals surface area contributed by atoms with Crippen molar-refractivity contribution in [3.63, 3.8) is 0 Å². The van der Waals surface area contributed by atoms with Crippen molar-refractivity contribution in [3.05, 3.63) is 0 Å². The summed E-state index contributed by atoms with van der Waals surface area (Å²) in [4.78, 5) is 0. The molecule has 0 radical (unpaired) electrons. The number of hydrogen-bond acceptors (Lipinski definition) is 2. The van der Waals surface area contributed by atoms with Crippen molar-refractivity contribution >= 4 is 0 Å². The molecule has 0 aromatic heterocycles. The van der Waals surface area contributed by atoms with E-state index in [1.165, 1.54) is 25.7 Å². The molecule has 0 unspecified atom stereocenters. The van der Waals surface area contributed by atoms with E-state index in [4.69, 9.17) is 10.5 Å². The topological polar surface area (TPSA) is 35.2 Å². The minimum Gasteiger partial charge on any atom is -0.381 e. The molecule has 1 fully saturated rings. The standard InChI is InChI=1S/C11H23NO/c1-2-7-13-9-11-5-3-10(8-12)4-6-11/h10-11H,2-9,12H2,1H3/t10-,11+. The summed E-state index contributed by atoms with van der Waals surface area (Å²) in [6.07, 6.45) is 6.42. The number of ether oxygens (including phenoxy) is 1. The highest BCUT2D eigenvalue weighted by atomic mass is 16.5. The van der Waals surface area contributed by atoms with Crippen molar-refractivity contribution in [3.8, 4) is 0 Å². The molecular weight excluding hydrogens is 162 g/mol. The molecule has 1 aliphatic carbocycles. The third-order valence-electron chi connectivity index (χ3n) is 3.00. The van der Waals surface area contributed by atoms with Crippen molar-refractivity contribution in [2.45, 2.75) is 39.0 Å². The molecule has 2 nitrogen and oxygen atoms in total. The fraction of sp³-hybridized carbons (Fsp3) is 1.00. The van der Waals surface area contributed by atoms with E-state index in [1.54, 1.807) is 0 Å². The molecule has 0 amide bonds. The predicted molar refractivity (Wildman–Crippen MR) is 55.6 cm³/mol. The Morgan fingerprint density at radius 3 is 2.31 bits per heavy atom. The molecule has 0 heterocycles. The molecule has 1 saturated carbocycles. The first-order chi connectivity index (χ1) is 6.36. The lowest BCUT2D eigenvalue weighted by Crippen LogP contribution is -2.23. The van der Waals surface area contributed by atoms with Gasteiger partial charge in [-0.25, -0.2) is 0 Å². The zero-order chi connectivity index (χ0) is 9.52. The Labute approximate surface area is 81.8 Å². The highest BCUT2D eigenvalue weighted by Crippen LogP contribution is 2.28. The lowest BCUT2D eigenvalue weighted by Gasteiger charge is -2.27. The van der Waals surface area contributed by atoms with Crippen LogP contribution in [0.2, 0.25) is 0 Å². The van der Waals surface area contributed by atoms with Crippen molar-refractivity contribution in [1.29, 1.82) is 0 Å². The quantitative estimate of drug-likeness (QED) is 0.666. The average Bonchev–Trinajstić information content (AvgIpc) is 2.19. The zero-order valence-corrected chi connectivity index (χ0v) is 8.80. The zero-order valence-electron chi connectivity index (χ0n) is 8.80. The summed E-state index contributed by atoms with van der Waals surface area (Å²) in [5.74, 6) is 1.61. The number of hydrogen-bond donors (Lipinski definition) is 1. The number of rotatable bonds is 5. The largest absolute Gasteiger partial charge is 0.381 e. The third kappa shape index (κ3) is 4.10. The second-order valence-corrected chi connectivity index (χ2v) is 4.20. The van der Waals surface area contributed by atoms with Crippen LogP contribution in [0.5, 0.6) is 0 Å². The van der Waals surface area contributed by atoms with Crippen LogP contribution in [0.3, 0.4) is 0 Å². The maximum Gasteiger partial charge on any atom is 0.0494 e. The first-order valence-electron chi connectivity index (χ1n) is 5.64. The fourth-order valence-electron chi connectivity index (χ4n) is 2.03.